The van der Waals surface area contributed by atoms with E-state index >= 15 is 0 Å². The minimum absolute atomic E-state index is 0.116. The Morgan fingerprint density at radius 1 is 1.14 bits per heavy atom. The van der Waals surface area contributed by atoms with Gasteiger partial charge in [0, 0.05) is 17.8 Å². The van der Waals surface area contributed by atoms with Crippen molar-refractivity contribution in [3.63, 3.8) is 0 Å². The number of hydrogen-bond donors (Lipinski definition) is 1. The zero-order valence-electron chi connectivity index (χ0n) is 16.0. The highest BCUT2D eigenvalue weighted by Gasteiger charge is 2.44. The number of rotatable bonds is 4. The molecule has 28 heavy (non-hydrogen) atoms. The molecular weight excluding hydrogens is 354 g/mol. The van der Waals surface area contributed by atoms with E-state index in [1.165, 1.54) is 0 Å². The molecule has 0 radical (unpaired) electrons. The van der Waals surface area contributed by atoms with E-state index in [0.717, 1.165) is 17.0 Å². The number of aryl methyl sites for hydroxylation is 1. The molecule has 1 aromatic heterocycles. The molecule has 0 amide bonds. The van der Waals surface area contributed by atoms with E-state index in [9.17, 15) is 9.59 Å². The van der Waals surface area contributed by atoms with Crippen LogP contribution in [0.3, 0.4) is 0 Å². The van der Waals surface area contributed by atoms with E-state index in [4.69, 9.17) is 9.15 Å². The van der Waals surface area contributed by atoms with Crippen molar-refractivity contribution in [1.29, 1.82) is 0 Å². The molecule has 144 valence electrons. The number of ketones is 1. The topological polar surface area (TPSA) is 68.5 Å². The van der Waals surface area contributed by atoms with Crippen molar-refractivity contribution in [2.45, 2.75) is 39.2 Å². The average molecular weight is 377 g/mol. The number of Topliss-reactive ketones (excluding diaryl/α,β-unsaturated/α-hetero) is 1. The lowest BCUT2D eigenvalue weighted by atomic mass is 9.73. The summed E-state index contributed by atoms with van der Waals surface area (Å²) in [4.78, 5) is 25.8. The highest BCUT2D eigenvalue weighted by molar-refractivity contribution is 5.95. The van der Waals surface area contributed by atoms with Gasteiger partial charge in [0.25, 0.3) is 0 Å². The monoisotopic (exact) mass is 377 g/mol. The fraction of sp³-hybridized carbons (Fsp3) is 0.304. The Morgan fingerprint density at radius 3 is 2.64 bits per heavy atom. The second kappa shape index (κ2) is 7.50. The third-order valence-corrected chi connectivity index (χ3v) is 5.32. The lowest BCUT2D eigenvalue weighted by Crippen LogP contribution is -2.40. The second-order valence-corrected chi connectivity index (χ2v) is 7.29. The van der Waals surface area contributed by atoms with Gasteiger partial charge in [-0.3, -0.25) is 4.79 Å². The molecule has 2 aromatic rings. The summed E-state index contributed by atoms with van der Waals surface area (Å²) in [6.07, 6.45) is 3.23. The van der Waals surface area contributed by atoms with E-state index in [1.807, 2.05) is 62.4 Å². The van der Waals surface area contributed by atoms with Crippen molar-refractivity contribution in [3.05, 3.63) is 82.6 Å². The van der Waals surface area contributed by atoms with Crippen molar-refractivity contribution < 1.29 is 18.7 Å². The van der Waals surface area contributed by atoms with Crippen LogP contribution in [0.1, 0.15) is 42.8 Å². The van der Waals surface area contributed by atoms with E-state index < -0.39 is 17.8 Å². The van der Waals surface area contributed by atoms with Gasteiger partial charge in [-0.05, 0) is 38.0 Å². The Labute approximate surface area is 164 Å². The summed E-state index contributed by atoms with van der Waals surface area (Å²) in [6.45, 7) is 3.88. The van der Waals surface area contributed by atoms with Gasteiger partial charge >= 0.3 is 5.97 Å². The van der Waals surface area contributed by atoms with Gasteiger partial charge < -0.3 is 14.5 Å². The number of fused-ring (bicyclic) bond motifs is 1. The quantitative estimate of drug-likeness (QED) is 0.811. The number of ether oxygens (including phenoxy) is 1. The van der Waals surface area contributed by atoms with Crippen LogP contribution in [-0.4, -0.2) is 11.8 Å². The molecule has 0 fully saturated rings. The molecule has 2 heterocycles. The average Bonchev–Trinajstić information content (AvgIpc) is 3.12. The van der Waals surface area contributed by atoms with Gasteiger partial charge in [-0.1, -0.05) is 36.4 Å². The molecule has 2 aliphatic rings. The van der Waals surface area contributed by atoms with E-state index in [-0.39, 0.29) is 12.4 Å². The Bertz CT molecular complexity index is 967. The number of hydrogen-bond acceptors (Lipinski definition) is 5. The highest BCUT2D eigenvalue weighted by atomic mass is 16.5. The number of benzene rings is 1. The molecule has 0 spiro atoms. The molecule has 2 atom stereocenters. The first-order valence-corrected chi connectivity index (χ1v) is 9.52. The number of furan rings is 1. The molecule has 0 saturated heterocycles. The highest BCUT2D eigenvalue weighted by Crippen LogP contribution is 2.44. The Balaban J connectivity index is 1.69. The molecule has 1 N–H and O–H groups in total. The van der Waals surface area contributed by atoms with Crippen LogP contribution in [0, 0.1) is 12.8 Å². The minimum Gasteiger partial charge on any atom is -0.466 e. The van der Waals surface area contributed by atoms with Crippen LogP contribution in [0.2, 0.25) is 0 Å². The molecule has 0 bridgehead atoms. The molecule has 4 rings (SSSR count). The molecule has 1 aromatic carbocycles. The van der Waals surface area contributed by atoms with Gasteiger partial charge in [0.1, 0.15) is 23.9 Å². The minimum atomic E-state index is -0.475. The summed E-state index contributed by atoms with van der Waals surface area (Å²) in [5.41, 5.74) is 2.93. The molecule has 2 unspecified atom stereocenters. The van der Waals surface area contributed by atoms with Gasteiger partial charge in [0.2, 0.25) is 0 Å². The van der Waals surface area contributed by atoms with Gasteiger partial charge in [0.05, 0.1) is 17.4 Å². The van der Waals surface area contributed by atoms with Crippen LogP contribution in [-0.2, 0) is 20.9 Å². The van der Waals surface area contributed by atoms with Gasteiger partial charge in [-0.2, -0.15) is 0 Å². The van der Waals surface area contributed by atoms with Crippen molar-refractivity contribution in [2.75, 3.05) is 0 Å². The first kappa shape index (κ1) is 18.3. The molecule has 1 aliphatic carbocycles. The normalized spacial score (nSPS) is 21.6. The summed E-state index contributed by atoms with van der Waals surface area (Å²) in [6, 6.07) is 13.3. The Morgan fingerprint density at radius 2 is 1.93 bits per heavy atom. The lowest BCUT2D eigenvalue weighted by Gasteiger charge is -2.36. The molecular formula is C23H23NO4. The SMILES string of the molecule is CC1=C(C(=O)OCc2ccccc2)C(c2ccc(C)o2)C2C(=O)CCC=C2N1. The maximum atomic E-state index is 13.1. The third-order valence-electron chi connectivity index (χ3n) is 5.32. The van der Waals surface area contributed by atoms with Crippen LogP contribution >= 0.6 is 0 Å². The van der Waals surface area contributed by atoms with Crippen molar-refractivity contribution in [2.24, 2.45) is 5.92 Å². The lowest BCUT2D eigenvalue weighted by molar-refractivity contribution is -0.141. The summed E-state index contributed by atoms with van der Waals surface area (Å²) < 4.78 is 11.5. The maximum Gasteiger partial charge on any atom is 0.336 e. The maximum absolute atomic E-state index is 13.1. The number of carbonyl (C=O) groups excluding carboxylic acids is 2. The van der Waals surface area contributed by atoms with E-state index in [1.54, 1.807) is 0 Å². The standard InChI is InChI=1S/C23H23NO4/c1-14-11-12-19(28-14)22-20(23(26)27-13-16-7-4-3-5-8-16)15(2)24-17-9-6-10-18(25)21(17)22/h3-5,7-9,11-12,21-22,24H,6,10,13H2,1-2H3. The predicted molar refractivity (Wildman–Crippen MR) is 104 cm³/mol. The Hall–Kier alpha value is -3.08. The van der Waals surface area contributed by atoms with Gasteiger partial charge in [-0.25, -0.2) is 4.79 Å². The molecule has 0 saturated carbocycles. The summed E-state index contributed by atoms with van der Waals surface area (Å²) in [5, 5.41) is 3.26. The van der Waals surface area contributed by atoms with Crippen LogP contribution in [0.25, 0.3) is 0 Å². The third kappa shape index (κ3) is 3.40. The first-order chi connectivity index (χ1) is 13.5. The molecule has 1 aliphatic heterocycles. The largest absolute Gasteiger partial charge is 0.466 e. The van der Waals surface area contributed by atoms with E-state index in [0.29, 0.717) is 29.9 Å². The summed E-state index contributed by atoms with van der Waals surface area (Å²) in [5.74, 6) is 0.142. The molecule has 5 nitrogen and oxygen atoms in total. The molecule has 5 heteroatoms. The number of allylic oxidation sites excluding steroid dienone is 3. The van der Waals surface area contributed by atoms with Crippen LogP contribution in [0.5, 0.6) is 0 Å². The van der Waals surface area contributed by atoms with Gasteiger partial charge in [-0.15, -0.1) is 0 Å². The van der Waals surface area contributed by atoms with Gasteiger partial charge in [0.15, 0.2) is 0 Å². The fourth-order valence-electron chi connectivity index (χ4n) is 4.01. The van der Waals surface area contributed by atoms with Crippen molar-refractivity contribution in [1.82, 2.24) is 5.32 Å². The number of nitrogens with one attached hydrogen (secondary N) is 1. The van der Waals surface area contributed by atoms with Crippen LogP contribution in [0.15, 0.2) is 69.9 Å². The number of esters is 1. The van der Waals surface area contributed by atoms with Crippen LogP contribution < -0.4 is 5.32 Å². The smallest absolute Gasteiger partial charge is 0.336 e. The van der Waals surface area contributed by atoms with E-state index in [2.05, 4.69) is 5.32 Å². The number of carbonyl (C=O) groups is 2. The van der Waals surface area contributed by atoms with Crippen molar-refractivity contribution in [3.8, 4) is 0 Å². The summed E-state index contributed by atoms with van der Waals surface area (Å²) in [7, 11) is 0. The zero-order valence-corrected chi connectivity index (χ0v) is 16.0. The zero-order chi connectivity index (χ0) is 19.7. The fourth-order valence-corrected chi connectivity index (χ4v) is 4.01. The van der Waals surface area contributed by atoms with Crippen LogP contribution in [0.4, 0.5) is 0 Å². The first-order valence-electron chi connectivity index (χ1n) is 9.52. The summed E-state index contributed by atoms with van der Waals surface area (Å²) >= 11 is 0. The van der Waals surface area contributed by atoms with Crippen molar-refractivity contribution >= 4 is 11.8 Å². The predicted octanol–water partition coefficient (Wildman–Crippen LogP) is 4.16. The second-order valence-electron chi connectivity index (χ2n) is 7.29. The Kier molecular flexibility index (Phi) is 4.90.